The van der Waals surface area contributed by atoms with Gasteiger partial charge in [0.25, 0.3) is 0 Å². The zero-order valence-corrected chi connectivity index (χ0v) is 15.2. The number of carbonyl (C=O) groups is 2. The highest BCUT2D eigenvalue weighted by Crippen LogP contribution is 2.47. The Balaban J connectivity index is 2.77. The molecule has 8 heteroatoms. The molecule has 0 radical (unpaired) electrons. The summed E-state index contributed by atoms with van der Waals surface area (Å²) in [5, 5.41) is 9.39. The van der Waals surface area contributed by atoms with E-state index in [9.17, 15) is 14.7 Å². The molecule has 1 amide bonds. The fraction of sp³-hybridized carbons (Fsp3) is 0.467. The van der Waals surface area contributed by atoms with Gasteiger partial charge < -0.3 is 9.84 Å². The van der Waals surface area contributed by atoms with Gasteiger partial charge in [-0.25, -0.2) is 9.59 Å². The first-order chi connectivity index (χ1) is 11.0. The molecule has 0 saturated heterocycles. The van der Waals surface area contributed by atoms with E-state index in [4.69, 9.17) is 27.2 Å². The van der Waals surface area contributed by atoms with Crippen molar-refractivity contribution in [3.63, 3.8) is 0 Å². The Morgan fingerprint density at radius 1 is 1.30 bits per heavy atom. The first kappa shape index (κ1) is 20.0. The fourth-order valence-corrected chi connectivity index (χ4v) is 3.25. The molecule has 0 aliphatic carbocycles. The number of unbranched alkanes of at least 4 members (excludes halogenated alkanes) is 1. The molecule has 0 aromatic heterocycles. The van der Waals surface area contributed by atoms with Crippen molar-refractivity contribution in [2.45, 2.75) is 38.8 Å². The molecule has 0 fully saturated rings. The third kappa shape index (κ3) is 7.38. The summed E-state index contributed by atoms with van der Waals surface area (Å²) in [6.07, 6.45) is 1.09. The van der Waals surface area contributed by atoms with E-state index in [2.05, 4.69) is 0 Å². The fourth-order valence-electron chi connectivity index (χ4n) is 2.01. The minimum Gasteiger partial charge on any atom is -0.480 e. The lowest BCUT2D eigenvalue weighted by molar-refractivity contribution is -0.142. The molecule has 1 rings (SSSR count). The van der Waals surface area contributed by atoms with Gasteiger partial charge in [-0.1, -0.05) is 72.6 Å². The van der Waals surface area contributed by atoms with Crippen LogP contribution < -0.4 is 0 Å². The van der Waals surface area contributed by atoms with Crippen molar-refractivity contribution in [3.05, 3.63) is 35.9 Å². The van der Waals surface area contributed by atoms with E-state index in [0.717, 1.165) is 16.9 Å². The van der Waals surface area contributed by atoms with Crippen molar-refractivity contribution in [1.82, 2.24) is 4.90 Å². The summed E-state index contributed by atoms with van der Waals surface area (Å²) in [7, 11) is 0. The average Bonchev–Trinajstić information content (AvgIpc) is 2.52. The number of carboxylic acids is 1. The molecular formula is C15H20Cl2NO4P. The number of amides is 1. The lowest BCUT2D eigenvalue weighted by atomic mass is 10.1. The maximum absolute atomic E-state index is 12.3. The molecule has 0 saturated carbocycles. The molecule has 0 heterocycles. The first-order valence-corrected chi connectivity index (χ1v) is 10.6. The van der Waals surface area contributed by atoms with Gasteiger partial charge in [-0.15, -0.1) is 0 Å². The summed E-state index contributed by atoms with van der Waals surface area (Å²) < 4.78 is 5.22. The van der Waals surface area contributed by atoms with Crippen LogP contribution in [0.25, 0.3) is 0 Å². The minimum atomic E-state index is -1.50. The summed E-state index contributed by atoms with van der Waals surface area (Å²) in [4.78, 5) is 24.9. The zero-order chi connectivity index (χ0) is 17.2. The Kier molecular flexibility index (Phi) is 9.30. The van der Waals surface area contributed by atoms with Crippen molar-refractivity contribution < 1.29 is 19.4 Å². The van der Waals surface area contributed by atoms with Crippen LogP contribution in [0.15, 0.2) is 30.3 Å². The minimum absolute atomic E-state index is 0.0350. The van der Waals surface area contributed by atoms with Crippen LogP contribution in [-0.2, 0) is 16.1 Å². The van der Waals surface area contributed by atoms with E-state index in [0.29, 0.717) is 12.8 Å². The average molecular weight is 380 g/mol. The maximum atomic E-state index is 12.3. The smallest absolute Gasteiger partial charge is 0.411 e. The summed E-state index contributed by atoms with van der Waals surface area (Å²) >= 11 is 11.6. The normalized spacial score (nSPS) is 12.0. The van der Waals surface area contributed by atoms with E-state index in [1.54, 1.807) is 0 Å². The van der Waals surface area contributed by atoms with E-state index < -0.39 is 24.7 Å². The number of halogens is 2. The lowest BCUT2D eigenvalue weighted by Gasteiger charge is -2.28. The van der Waals surface area contributed by atoms with Gasteiger partial charge in [0, 0.05) is 0 Å². The summed E-state index contributed by atoms with van der Waals surface area (Å²) in [6, 6.07) is 8.18. The number of carbonyl (C=O) groups excluding carboxylic acids is 1. The SMILES string of the molecule is CCCCC(C(=O)O)N(CP(Cl)Cl)C(=O)OCc1ccccc1. The maximum Gasteiger partial charge on any atom is 0.411 e. The van der Waals surface area contributed by atoms with Crippen molar-refractivity contribution >= 4 is 41.2 Å². The van der Waals surface area contributed by atoms with E-state index >= 15 is 0 Å². The van der Waals surface area contributed by atoms with Crippen LogP contribution in [0.3, 0.4) is 0 Å². The summed E-state index contributed by atoms with van der Waals surface area (Å²) in [5.41, 5.74) is 0.820. The van der Waals surface area contributed by atoms with Crippen LogP contribution in [0.1, 0.15) is 31.7 Å². The highest BCUT2D eigenvalue weighted by molar-refractivity contribution is 8.03. The molecule has 128 valence electrons. The molecule has 0 spiro atoms. The van der Waals surface area contributed by atoms with Crippen molar-refractivity contribution in [2.75, 3.05) is 6.29 Å². The zero-order valence-electron chi connectivity index (χ0n) is 12.8. The molecule has 1 unspecified atom stereocenters. The second kappa shape index (κ2) is 10.7. The third-order valence-corrected chi connectivity index (χ3v) is 4.35. The van der Waals surface area contributed by atoms with Crippen LogP contribution in [0, 0.1) is 0 Å². The van der Waals surface area contributed by atoms with Gasteiger partial charge in [-0.05, 0) is 12.0 Å². The Labute approximate surface area is 146 Å². The van der Waals surface area contributed by atoms with Gasteiger partial charge >= 0.3 is 12.1 Å². The van der Waals surface area contributed by atoms with E-state index in [1.807, 2.05) is 37.3 Å². The van der Waals surface area contributed by atoms with E-state index in [1.165, 1.54) is 0 Å². The van der Waals surface area contributed by atoms with Crippen molar-refractivity contribution in [2.24, 2.45) is 0 Å². The highest BCUT2D eigenvalue weighted by Gasteiger charge is 2.31. The second-order valence-electron chi connectivity index (χ2n) is 4.95. The van der Waals surface area contributed by atoms with Gasteiger partial charge in [0.1, 0.15) is 19.3 Å². The molecule has 0 bridgehead atoms. The topological polar surface area (TPSA) is 66.8 Å². The quantitative estimate of drug-likeness (QED) is 0.612. The van der Waals surface area contributed by atoms with Gasteiger partial charge in [0.15, 0.2) is 0 Å². The molecule has 0 aliphatic heterocycles. The van der Waals surface area contributed by atoms with E-state index in [-0.39, 0.29) is 12.9 Å². The summed E-state index contributed by atoms with van der Waals surface area (Å²) in [6.45, 7) is 0.516. The van der Waals surface area contributed by atoms with Crippen LogP contribution in [0.5, 0.6) is 0 Å². The molecule has 5 nitrogen and oxygen atoms in total. The summed E-state index contributed by atoms with van der Waals surface area (Å²) in [5.74, 6) is -1.08. The second-order valence-corrected chi connectivity index (χ2v) is 8.81. The number of benzene rings is 1. The van der Waals surface area contributed by atoms with Crippen LogP contribution in [-0.4, -0.2) is 34.4 Å². The predicted octanol–water partition coefficient (Wildman–Crippen LogP) is 5.02. The van der Waals surface area contributed by atoms with Crippen molar-refractivity contribution in [1.29, 1.82) is 0 Å². The standard InChI is InChI=1S/C15H20Cl2NO4P/c1-2-3-9-13(14(19)20)18(11-23(16)17)15(21)22-10-12-7-5-4-6-8-12/h4-8,13H,2-3,9-11H2,1H3,(H,19,20). The van der Waals surface area contributed by atoms with Gasteiger partial charge in [0.2, 0.25) is 0 Å². The lowest BCUT2D eigenvalue weighted by Crippen LogP contribution is -2.45. The van der Waals surface area contributed by atoms with Gasteiger partial charge in [-0.2, -0.15) is 0 Å². The Morgan fingerprint density at radius 3 is 2.48 bits per heavy atom. The van der Waals surface area contributed by atoms with Crippen LogP contribution in [0.2, 0.25) is 0 Å². The molecule has 0 aliphatic rings. The largest absolute Gasteiger partial charge is 0.480 e. The number of hydrogen-bond donors (Lipinski definition) is 1. The first-order valence-electron chi connectivity index (χ1n) is 7.25. The number of aliphatic carboxylic acids is 1. The molecule has 1 aromatic rings. The monoisotopic (exact) mass is 379 g/mol. The number of carboxylic acid groups (broad SMARTS) is 1. The number of nitrogens with zero attached hydrogens (tertiary/aromatic N) is 1. The molecular weight excluding hydrogens is 360 g/mol. The van der Waals surface area contributed by atoms with Crippen LogP contribution >= 0.6 is 29.1 Å². The highest BCUT2D eigenvalue weighted by atomic mass is 35.9. The molecule has 23 heavy (non-hydrogen) atoms. The number of ether oxygens (including phenoxy) is 1. The van der Waals surface area contributed by atoms with Crippen molar-refractivity contribution in [3.8, 4) is 0 Å². The van der Waals surface area contributed by atoms with Crippen LogP contribution in [0.4, 0.5) is 4.79 Å². The molecule has 1 aromatic carbocycles. The molecule has 1 N–H and O–H groups in total. The Hall–Kier alpha value is -1.03. The Morgan fingerprint density at radius 2 is 1.96 bits per heavy atom. The number of hydrogen-bond acceptors (Lipinski definition) is 3. The number of rotatable bonds is 9. The third-order valence-electron chi connectivity index (χ3n) is 3.19. The molecule has 1 atom stereocenters. The van der Waals surface area contributed by atoms with Gasteiger partial charge in [0.05, 0.1) is 6.29 Å². The predicted molar refractivity (Wildman–Crippen MR) is 92.9 cm³/mol. The Bertz CT molecular complexity index is 502. The van der Waals surface area contributed by atoms with Gasteiger partial charge in [-0.3, -0.25) is 4.90 Å².